The van der Waals surface area contributed by atoms with Gasteiger partial charge in [-0.3, -0.25) is 4.72 Å². The van der Waals surface area contributed by atoms with E-state index in [9.17, 15) is 12.8 Å². The second-order valence-electron chi connectivity index (χ2n) is 4.52. The lowest BCUT2D eigenvalue weighted by molar-refractivity contribution is 0.570. The van der Waals surface area contributed by atoms with Crippen molar-refractivity contribution in [3.8, 4) is 0 Å². The van der Waals surface area contributed by atoms with Crippen molar-refractivity contribution >= 4 is 15.7 Å². The highest BCUT2D eigenvalue weighted by Crippen LogP contribution is 2.19. The van der Waals surface area contributed by atoms with Gasteiger partial charge in [-0.1, -0.05) is 31.2 Å². The third-order valence-corrected chi connectivity index (χ3v) is 4.30. The Morgan fingerprint density at radius 3 is 2.57 bits per heavy atom. The Morgan fingerprint density at radius 2 is 1.86 bits per heavy atom. The molecule has 4 nitrogen and oxygen atoms in total. The van der Waals surface area contributed by atoms with Crippen molar-refractivity contribution in [2.45, 2.75) is 18.4 Å². The molecule has 0 heterocycles. The summed E-state index contributed by atoms with van der Waals surface area (Å²) in [6.45, 7) is 3.46. The van der Waals surface area contributed by atoms with E-state index in [-0.39, 0.29) is 4.90 Å². The number of benzene rings is 2. The summed E-state index contributed by atoms with van der Waals surface area (Å²) in [5.41, 5.74) is 1.36. The summed E-state index contributed by atoms with van der Waals surface area (Å²) in [5.74, 6) is -0.770. The quantitative estimate of drug-likeness (QED) is 0.862. The fraction of sp³-hybridized carbons (Fsp3) is 0.200. The maximum Gasteiger partial charge on any atom is 0.264 e. The van der Waals surface area contributed by atoms with E-state index in [1.807, 2.05) is 13.0 Å². The second-order valence-corrected chi connectivity index (χ2v) is 6.17. The Kier molecular flexibility index (Phi) is 4.93. The monoisotopic (exact) mass is 308 g/mol. The minimum absolute atomic E-state index is 0.359. The highest BCUT2D eigenvalue weighted by atomic mass is 32.2. The van der Waals surface area contributed by atoms with E-state index in [2.05, 4.69) is 10.0 Å². The fourth-order valence-electron chi connectivity index (χ4n) is 1.89. The molecule has 0 saturated heterocycles. The van der Waals surface area contributed by atoms with E-state index in [1.165, 1.54) is 18.2 Å². The van der Waals surface area contributed by atoms with Crippen LogP contribution in [0.25, 0.3) is 0 Å². The number of hydrogen-bond acceptors (Lipinski definition) is 3. The van der Waals surface area contributed by atoms with Gasteiger partial charge in [0.1, 0.15) is 10.7 Å². The predicted octanol–water partition coefficient (Wildman–Crippen LogP) is 2.74. The summed E-state index contributed by atoms with van der Waals surface area (Å²) in [6.07, 6.45) is 0. The van der Waals surface area contributed by atoms with Crippen LogP contribution in [-0.4, -0.2) is 15.0 Å². The molecular formula is C15H17FN2O2S. The molecule has 0 aromatic heterocycles. The zero-order chi connectivity index (χ0) is 15.3. The van der Waals surface area contributed by atoms with Gasteiger partial charge in [-0.25, -0.2) is 12.8 Å². The molecule has 112 valence electrons. The first kappa shape index (κ1) is 15.5. The van der Waals surface area contributed by atoms with Crippen molar-refractivity contribution in [1.29, 1.82) is 0 Å². The van der Waals surface area contributed by atoms with E-state index in [4.69, 9.17) is 0 Å². The normalized spacial score (nSPS) is 11.3. The zero-order valence-corrected chi connectivity index (χ0v) is 12.5. The van der Waals surface area contributed by atoms with Crippen molar-refractivity contribution in [2.24, 2.45) is 0 Å². The zero-order valence-electron chi connectivity index (χ0n) is 11.6. The van der Waals surface area contributed by atoms with E-state index < -0.39 is 15.8 Å². The predicted molar refractivity (Wildman–Crippen MR) is 81.0 cm³/mol. The molecule has 2 aromatic rings. The second kappa shape index (κ2) is 6.69. The Labute approximate surface area is 124 Å². The van der Waals surface area contributed by atoms with E-state index in [0.29, 0.717) is 12.2 Å². The highest BCUT2D eigenvalue weighted by Gasteiger charge is 2.18. The topological polar surface area (TPSA) is 58.2 Å². The molecule has 0 unspecified atom stereocenters. The van der Waals surface area contributed by atoms with Crippen molar-refractivity contribution in [2.75, 3.05) is 11.3 Å². The van der Waals surface area contributed by atoms with Gasteiger partial charge in [0, 0.05) is 12.2 Å². The fourth-order valence-corrected chi connectivity index (χ4v) is 3.02. The van der Waals surface area contributed by atoms with Gasteiger partial charge in [0.05, 0.1) is 0 Å². The van der Waals surface area contributed by atoms with Crippen molar-refractivity contribution in [3.63, 3.8) is 0 Å². The van der Waals surface area contributed by atoms with Crippen LogP contribution in [0.3, 0.4) is 0 Å². The van der Waals surface area contributed by atoms with Gasteiger partial charge in [-0.05, 0) is 36.4 Å². The minimum atomic E-state index is -3.93. The van der Waals surface area contributed by atoms with E-state index in [1.54, 1.807) is 18.2 Å². The van der Waals surface area contributed by atoms with Crippen LogP contribution in [0.15, 0.2) is 53.4 Å². The molecule has 2 aromatic carbocycles. The van der Waals surface area contributed by atoms with Crippen LogP contribution in [0.1, 0.15) is 12.5 Å². The van der Waals surface area contributed by atoms with Gasteiger partial charge in [0.2, 0.25) is 0 Å². The molecule has 2 rings (SSSR count). The molecule has 0 amide bonds. The number of anilines is 1. The van der Waals surface area contributed by atoms with Crippen molar-refractivity contribution in [1.82, 2.24) is 5.32 Å². The molecule has 0 spiro atoms. The van der Waals surface area contributed by atoms with Crippen LogP contribution in [0, 0.1) is 5.82 Å². The molecule has 0 aliphatic heterocycles. The molecule has 0 bridgehead atoms. The molecule has 0 atom stereocenters. The molecule has 0 saturated carbocycles. The number of halogens is 1. The molecule has 0 fully saturated rings. The largest absolute Gasteiger partial charge is 0.313 e. The Morgan fingerprint density at radius 1 is 1.10 bits per heavy atom. The molecule has 21 heavy (non-hydrogen) atoms. The molecule has 0 aliphatic rings. The first-order chi connectivity index (χ1) is 10.0. The number of hydrogen-bond donors (Lipinski definition) is 2. The molecular weight excluding hydrogens is 291 g/mol. The minimum Gasteiger partial charge on any atom is -0.313 e. The first-order valence-corrected chi connectivity index (χ1v) is 8.08. The third kappa shape index (κ3) is 4.03. The van der Waals surface area contributed by atoms with Gasteiger partial charge < -0.3 is 5.32 Å². The number of sulfonamides is 1. The Hall–Kier alpha value is -1.92. The lowest BCUT2D eigenvalue weighted by Crippen LogP contribution is -2.15. The summed E-state index contributed by atoms with van der Waals surface area (Å²) in [4.78, 5) is -0.359. The SMILES string of the molecule is CCNCc1cccc(NS(=O)(=O)c2ccccc2F)c1. The van der Waals surface area contributed by atoms with Gasteiger partial charge in [-0.15, -0.1) is 0 Å². The Bertz CT molecular complexity index is 717. The van der Waals surface area contributed by atoms with Crippen LogP contribution in [0.2, 0.25) is 0 Å². The summed E-state index contributed by atoms with van der Waals surface area (Å²) in [7, 11) is -3.93. The van der Waals surface area contributed by atoms with Crippen LogP contribution in [0.5, 0.6) is 0 Å². The van der Waals surface area contributed by atoms with Gasteiger partial charge in [0.25, 0.3) is 10.0 Å². The van der Waals surface area contributed by atoms with Crippen molar-refractivity contribution < 1.29 is 12.8 Å². The highest BCUT2D eigenvalue weighted by molar-refractivity contribution is 7.92. The van der Waals surface area contributed by atoms with Gasteiger partial charge >= 0.3 is 0 Å². The summed E-state index contributed by atoms with van der Waals surface area (Å²) in [6, 6.07) is 12.3. The Balaban J connectivity index is 2.23. The van der Waals surface area contributed by atoms with Crippen LogP contribution in [-0.2, 0) is 16.6 Å². The van der Waals surface area contributed by atoms with Gasteiger partial charge in [0.15, 0.2) is 0 Å². The van der Waals surface area contributed by atoms with Crippen LogP contribution >= 0.6 is 0 Å². The molecule has 0 radical (unpaired) electrons. The van der Waals surface area contributed by atoms with Crippen LogP contribution < -0.4 is 10.0 Å². The first-order valence-electron chi connectivity index (χ1n) is 6.60. The number of rotatable bonds is 6. The average molecular weight is 308 g/mol. The van der Waals surface area contributed by atoms with E-state index in [0.717, 1.165) is 18.2 Å². The summed E-state index contributed by atoms with van der Waals surface area (Å²) < 4.78 is 40.4. The smallest absolute Gasteiger partial charge is 0.264 e. The maximum absolute atomic E-state index is 13.6. The third-order valence-electron chi connectivity index (χ3n) is 2.88. The number of nitrogens with one attached hydrogen (secondary N) is 2. The van der Waals surface area contributed by atoms with Crippen LogP contribution in [0.4, 0.5) is 10.1 Å². The standard InChI is InChI=1S/C15H17FN2O2S/c1-2-17-11-12-6-5-7-13(10-12)18-21(19,20)15-9-4-3-8-14(15)16/h3-10,17-18H,2,11H2,1H3. The van der Waals surface area contributed by atoms with Crippen molar-refractivity contribution in [3.05, 3.63) is 59.9 Å². The molecule has 6 heteroatoms. The lowest BCUT2D eigenvalue weighted by atomic mass is 10.2. The maximum atomic E-state index is 13.6. The van der Waals surface area contributed by atoms with Gasteiger partial charge in [-0.2, -0.15) is 0 Å². The van der Waals surface area contributed by atoms with E-state index >= 15 is 0 Å². The molecule has 0 aliphatic carbocycles. The average Bonchev–Trinajstić information content (AvgIpc) is 2.45. The molecule has 2 N–H and O–H groups in total. The lowest BCUT2D eigenvalue weighted by Gasteiger charge is -2.10. The summed E-state index contributed by atoms with van der Waals surface area (Å²) in [5, 5.41) is 3.16. The summed E-state index contributed by atoms with van der Waals surface area (Å²) >= 11 is 0.